The Bertz CT molecular complexity index is 965. The van der Waals surface area contributed by atoms with Crippen LogP contribution in [-0.2, 0) is 25.6 Å². The van der Waals surface area contributed by atoms with Crippen LogP contribution in [0.3, 0.4) is 0 Å². The number of rotatable bonds is 5. The summed E-state index contributed by atoms with van der Waals surface area (Å²) in [5.41, 5.74) is -2.56. The van der Waals surface area contributed by atoms with E-state index in [-0.39, 0.29) is 25.0 Å². The van der Waals surface area contributed by atoms with E-state index in [1.54, 1.807) is 0 Å². The normalized spacial score (nSPS) is 18.1. The van der Waals surface area contributed by atoms with Gasteiger partial charge in [-0.05, 0) is 56.1 Å². The van der Waals surface area contributed by atoms with E-state index in [0.717, 1.165) is 0 Å². The van der Waals surface area contributed by atoms with Gasteiger partial charge in [0.25, 0.3) is 6.47 Å². The van der Waals surface area contributed by atoms with Crippen molar-refractivity contribution in [1.29, 1.82) is 0 Å². The van der Waals surface area contributed by atoms with Gasteiger partial charge in [0, 0.05) is 5.56 Å². The van der Waals surface area contributed by atoms with Crippen molar-refractivity contribution >= 4 is 28.7 Å². The third-order valence-electron chi connectivity index (χ3n) is 4.57. The molecule has 19 heteroatoms. The highest BCUT2D eigenvalue weighted by atomic mass is 32.5. The van der Waals surface area contributed by atoms with E-state index >= 15 is 0 Å². The summed E-state index contributed by atoms with van der Waals surface area (Å²) in [4.78, 5) is 21.7. The first-order chi connectivity index (χ1) is 17.4. The number of hydrogen-bond donors (Lipinski definition) is 5. The highest BCUT2D eigenvalue weighted by Crippen LogP contribution is 3.02. The van der Waals surface area contributed by atoms with Gasteiger partial charge in [-0.3, -0.25) is 9.63 Å². The third kappa shape index (κ3) is 11.0. The molecule has 3 rings (SSSR count). The standard InChI is InChI=1S/C14H13F8NO4S.C4H9N.CH2O2.H4NO/c1-2-7-3-9(28(18,19,20,21)22)4-8-5-10(13(24)25-6-26-23)12(14(15,16)17)27-11(7)8;1-2-4-5-3-1;2-1-3;1-2/h3-5,12H,2,6,23H2,1H3;5H,1-4H2;1H,(H,2,3);2H,1H3/q;;;+1. The maximum atomic E-state index is 13.3. The van der Waals surface area contributed by atoms with E-state index < -0.39 is 62.6 Å². The van der Waals surface area contributed by atoms with Gasteiger partial charge < -0.3 is 19.9 Å². The Balaban J connectivity index is 0.00000116. The van der Waals surface area contributed by atoms with Crippen LogP contribution in [-0.4, -0.2) is 54.9 Å². The summed E-state index contributed by atoms with van der Waals surface area (Å²) in [6, 6.07) is -0.0391. The Morgan fingerprint density at radius 2 is 1.74 bits per heavy atom. The number of carboxylic acid groups (broad SMARTS) is 1. The molecule has 1 unspecified atom stereocenters. The summed E-state index contributed by atoms with van der Waals surface area (Å²) in [6.45, 7) is 2.53. The number of aryl methyl sites for hydroxylation is 1. The number of nitrogens with one attached hydrogen (secondary N) is 1. The molecule has 8 N–H and O–H groups in total. The topological polar surface area (TPSA) is 168 Å². The summed E-state index contributed by atoms with van der Waals surface area (Å²) >= 11 is 0. The number of alkyl halides is 3. The van der Waals surface area contributed by atoms with Crippen LogP contribution in [0, 0.1) is 0 Å². The molecule has 2 aliphatic rings. The Labute approximate surface area is 211 Å². The van der Waals surface area contributed by atoms with E-state index in [9.17, 15) is 37.4 Å². The Hall–Kier alpha value is -2.71. The second kappa shape index (κ2) is 13.4. The summed E-state index contributed by atoms with van der Waals surface area (Å²) in [6.07, 6.45) is -5.25. The SMILES string of the molecule is C1CCNC1.CCc1cc(S(F)(F)(F)(F)F)cc2c1OC(C(F)(F)F)C(C(=O)OCON)=C2.O=CO.[NH3+]O. The first kappa shape index (κ1) is 35.3. The molecule has 0 radical (unpaired) electrons. The minimum absolute atomic E-state index is 0.0350. The van der Waals surface area contributed by atoms with Crippen LogP contribution < -0.4 is 21.8 Å². The maximum absolute atomic E-state index is 13.3. The van der Waals surface area contributed by atoms with Crippen molar-refractivity contribution in [3.05, 3.63) is 28.8 Å². The van der Waals surface area contributed by atoms with Gasteiger partial charge in [0.1, 0.15) is 10.6 Å². The first-order valence-electron chi connectivity index (χ1n) is 10.3. The molecule has 0 aliphatic carbocycles. The monoisotopic (exact) mass is 594 g/mol. The van der Waals surface area contributed by atoms with Gasteiger partial charge in [0.2, 0.25) is 12.9 Å². The van der Waals surface area contributed by atoms with Crippen molar-refractivity contribution in [3.63, 3.8) is 0 Å². The van der Waals surface area contributed by atoms with Crippen LogP contribution in [0.5, 0.6) is 5.75 Å². The molecular formula is C19H28F8N3O7S+. The molecule has 1 fully saturated rings. The van der Waals surface area contributed by atoms with E-state index in [1.807, 2.05) is 0 Å². The molecule has 1 saturated heterocycles. The van der Waals surface area contributed by atoms with Gasteiger partial charge in [0.15, 0.2) is 0 Å². The minimum atomic E-state index is -10.1. The summed E-state index contributed by atoms with van der Waals surface area (Å²) in [5, 5.41) is 16.9. The van der Waals surface area contributed by atoms with Crippen LogP contribution in [0.1, 0.15) is 30.9 Å². The molecule has 222 valence electrons. The lowest BCUT2D eigenvalue weighted by atomic mass is 9.98. The molecule has 0 saturated carbocycles. The van der Waals surface area contributed by atoms with Crippen LogP contribution in [0.4, 0.5) is 32.6 Å². The highest BCUT2D eigenvalue weighted by molar-refractivity contribution is 8.45. The van der Waals surface area contributed by atoms with Gasteiger partial charge in [-0.2, -0.15) is 13.2 Å². The van der Waals surface area contributed by atoms with Crippen molar-refractivity contribution in [2.75, 3.05) is 19.9 Å². The number of benzene rings is 1. The Morgan fingerprint density at radius 3 is 2.11 bits per heavy atom. The summed E-state index contributed by atoms with van der Waals surface area (Å²) in [7, 11) is -10.1. The number of esters is 1. The largest absolute Gasteiger partial charge is 0.483 e. The molecule has 2 heterocycles. The van der Waals surface area contributed by atoms with Crippen molar-refractivity contribution in [1.82, 2.24) is 5.32 Å². The fourth-order valence-corrected chi connectivity index (χ4v) is 3.76. The van der Waals surface area contributed by atoms with Crippen LogP contribution >= 0.6 is 10.2 Å². The molecule has 2 aliphatic heterocycles. The number of quaternary nitrogens is 1. The number of nitrogens with two attached hydrogens (primary N) is 1. The number of carbonyl (C=O) groups excluding carboxylic acids is 1. The average Bonchev–Trinajstić information content (AvgIpc) is 3.41. The van der Waals surface area contributed by atoms with Gasteiger partial charge in [-0.25, -0.2) is 21.8 Å². The quantitative estimate of drug-likeness (QED) is 0.112. The van der Waals surface area contributed by atoms with Crippen LogP contribution in [0.25, 0.3) is 6.08 Å². The average molecular weight is 594 g/mol. The molecule has 0 aromatic heterocycles. The van der Waals surface area contributed by atoms with Crippen LogP contribution in [0.2, 0.25) is 0 Å². The smallest absolute Gasteiger partial charge is 0.430 e. The lowest BCUT2D eigenvalue weighted by Gasteiger charge is -2.41. The Kier molecular flexibility index (Phi) is 12.4. The Morgan fingerprint density at radius 1 is 1.21 bits per heavy atom. The molecule has 10 nitrogen and oxygen atoms in total. The van der Waals surface area contributed by atoms with E-state index in [4.69, 9.17) is 19.8 Å². The molecule has 0 spiro atoms. The third-order valence-corrected chi connectivity index (χ3v) is 5.70. The molecule has 0 amide bonds. The zero-order valence-electron chi connectivity index (χ0n) is 19.8. The second-order valence-corrected chi connectivity index (χ2v) is 9.65. The number of ether oxygens (including phenoxy) is 2. The van der Waals surface area contributed by atoms with Gasteiger partial charge >= 0.3 is 22.4 Å². The zero-order chi connectivity index (χ0) is 29.8. The number of fused-ring (bicyclic) bond motifs is 1. The first-order valence-corrected chi connectivity index (χ1v) is 12.3. The molecular weight excluding hydrogens is 566 g/mol. The second-order valence-electron chi connectivity index (χ2n) is 7.24. The number of hydrogen-bond acceptors (Lipinski definition) is 8. The van der Waals surface area contributed by atoms with Crippen molar-refractivity contribution in [3.8, 4) is 5.75 Å². The minimum Gasteiger partial charge on any atom is -0.483 e. The molecule has 1 aromatic rings. The van der Waals surface area contributed by atoms with Crippen LogP contribution in [0.15, 0.2) is 22.6 Å². The van der Waals surface area contributed by atoms with Gasteiger partial charge in [-0.15, -0.1) is 0 Å². The highest BCUT2D eigenvalue weighted by Gasteiger charge is 2.65. The lowest BCUT2D eigenvalue weighted by Crippen LogP contribution is -2.42. The van der Waals surface area contributed by atoms with Crippen molar-refractivity contribution in [2.45, 2.75) is 43.4 Å². The zero-order valence-corrected chi connectivity index (χ0v) is 20.6. The van der Waals surface area contributed by atoms with Crippen molar-refractivity contribution in [2.24, 2.45) is 5.90 Å². The van der Waals surface area contributed by atoms with E-state index in [0.29, 0.717) is 6.08 Å². The summed E-state index contributed by atoms with van der Waals surface area (Å²) < 4.78 is 115. The fourth-order valence-electron chi connectivity index (χ4n) is 3.05. The van der Waals surface area contributed by atoms with Gasteiger partial charge in [0.05, 0.1) is 5.57 Å². The van der Waals surface area contributed by atoms with E-state index in [2.05, 4.69) is 26.7 Å². The van der Waals surface area contributed by atoms with Gasteiger partial charge in [-0.1, -0.05) is 26.4 Å². The lowest BCUT2D eigenvalue weighted by molar-refractivity contribution is -0.670. The maximum Gasteiger partial charge on any atom is 0.430 e. The van der Waals surface area contributed by atoms with E-state index in [1.165, 1.54) is 32.9 Å². The molecule has 1 aromatic carbocycles. The van der Waals surface area contributed by atoms with Crippen molar-refractivity contribution < 1.29 is 72.7 Å². The molecule has 0 bridgehead atoms. The number of halogens is 8. The summed E-state index contributed by atoms with van der Waals surface area (Å²) in [5.74, 6) is 4.48. The predicted octanol–water partition coefficient (Wildman–Crippen LogP) is 3.69. The fraction of sp³-hybridized carbons (Fsp3) is 0.474. The molecule has 1 atom stereocenters. The number of carbonyl (C=O) groups is 2. The molecule has 38 heavy (non-hydrogen) atoms. The predicted molar refractivity (Wildman–Crippen MR) is 117 cm³/mol.